The van der Waals surface area contributed by atoms with Crippen LogP contribution in [-0.2, 0) is 6.54 Å². The lowest BCUT2D eigenvalue weighted by molar-refractivity contribution is 0.886. The molecule has 4 heteroatoms. The summed E-state index contributed by atoms with van der Waals surface area (Å²) in [5, 5.41) is 4.11. The Kier molecular flexibility index (Phi) is 2.20. The van der Waals surface area contributed by atoms with Crippen molar-refractivity contribution in [2.45, 2.75) is 6.54 Å². The van der Waals surface area contributed by atoms with Gasteiger partial charge in [-0.3, -0.25) is 0 Å². The number of nitrogens with two attached hydrogens (primary N) is 2. The zero-order valence-electron chi connectivity index (χ0n) is 7.72. The molecule has 1 aromatic heterocycles. The first-order chi connectivity index (χ1) is 6.81. The van der Waals surface area contributed by atoms with Gasteiger partial charge in [0.15, 0.2) is 0 Å². The first-order valence-corrected chi connectivity index (χ1v) is 4.40. The van der Waals surface area contributed by atoms with E-state index in [4.69, 9.17) is 11.5 Å². The Labute approximate surface area is 82.1 Å². The fourth-order valence-electron chi connectivity index (χ4n) is 1.34. The van der Waals surface area contributed by atoms with E-state index >= 15 is 0 Å². The van der Waals surface area contributed by atoms with Crippen molar-refractivity contribution in [3.63, 3.8) is 0 Å². The van der Waals surface area contributed by atoms with E-state index in [2.05, 4.69) is 5.10 Å². The zero-order chi connectivity index (χ0) is 9.97. The average molecular weight is 188 g/mol. The molecule has 0 aliphatic carbocycles. The van der Waals surface area contributed by atoms with Crippen LogP contribution in [0.15, 0.2) is 36.5 Å². The molecule has 0 radical (unpaired) electrons. The first-order valence-electron chi connectivity index (χ1n) is 4.40. The van der Waals surface area contributed by atoms with Gasteiger partial charge in [-0.2, -0.15) is 5.10 Å². The van der Waals surface area contributed by atoms with Crippen LogP contribution in [-0.4, -0.2) is 9.78 Å². The number of nitrogens with zero attached hydrogens (tertiary/aromatic N) is 2. The van der Waals surface area contributed by atoms with Crippen LogP contribution in [0, 0.1) is 0 Å². The Morgan fingerprint density at radius 1 is 1.29 bits per heavy atom. The van der Waals surface area contributed by atoms with Gasteiger partial charge in [0.1, 0.15) is 5.82 Å². The molecule has 0 spiro atoms. The summed E-state index contributed by atoms with van der Waals surface area (Å²) < 4.78 is 1.68. The first kappa shape index (κ1) is 8.77. The highest BCUT2D eigenvalue weighted by molar-refractivity contribution is 5.42. The summed E-state index contributed by atoms with van der Waals surface area (Å²) in [5.74, 6) is 0.624. The number of hydrogen-bond acceptors (Lipinski definition) is 3. The van der Waals surface area contributed by atoms with Gasteiger partial charge in [0.2, 0.25) is 0 Å². The molecule has 0 amide bonds. The largest absolute Gasteiger partial charge is 0.384 e. The second-order valence-corrected chi connectivity index (χ2v) is 3.04. The maximum Gasteiger partial charge on any atom is 0.127 e. The van der Waals surface area contributed by atoms with Crippen molar-refractivity contribution in [2.24, 2.45) is 5.73 Å². The summed E-state index contributed by atoms with van der Waals surface area (Å²) in [4.78, 5) is 0. The van der Waals surface area contributed by atoms with Crippen molar-refractivity contribution in [1.29, 1.82) is 0 Å². The summed E-state index contributed by atoms with van der Waals surface area (Å²) in [6.45, 7) is 0.523. The van der Waals surface area contributed by atoms with Gasteiger partial charge in [0, 0.05) is 12.6 Å². The Bertz CT molecular complexity index is 433. The Balaban J connectivity index is 2.47. The van der Waals surface area contributed by atoms with Gasteiger partial charge in [-0.05, 0) is 17.7 Å². The highest BCUT2D eigenvalue weighted by Crippen LogP contribution is 2.13. The molecule has 0 aliphatic rings. The third-order valence-corrected chi connectivity index (χ3v) is 2.06. The molecule has 0 saturated carbocycles. The number of rotatable bonds is 2. The smallest absolute Gasteiger partial charge is 0.127 e. The van der Waals surface area contributed by atoms with Gasteiger partial charge in [-0.25, -0.2) is 4.68 Å². The predicted molar refractivity (Wildman–Crippen MR) is 55.9 cm³/mol. The lowest BCUT2D eigenvalue weighted by Crippen LogP contribution is -2.03. The summed E-state index contributed by atoms with van der Waals surface area (Å²) in [5.41, 5.74) is 13.3. The minimum absolute atomic E-state index is 0.523. The Morgan fingerprint density at radius 3 is 2.79 bits per heavy atom. The van der Waals surface area contributed by atoms with Gasteiger partial charge < -0.3 is 11.5 Å². The molecule has 1 aromatic carbocycles. The molecule has 72 valence electrons. The van der Waals surface area contributed by atoms with E-state index in [0.717, 1.165) is 11.3 Å². The lowest BCUT2D eigenvalue weighted by atomic mass is 10.2. The molecular weight excluding hydrogens is 176 g/mol. The lowest BCUT2D eigenvalue weighted by Gasteiger charge is -2.05. The average Bonchev–Trinajstić information content (AvgIpc) is 2.65. The molecule has 0 atom stereocenters. The van der Waals surface area contributed by atoms with E-state index in [1.165, 1.54) is 0 Å². The molecule has 14 heavy (non-hydrogen) atoms. The van der Waals surface area contributed by atoms with Gasteiger partial charge in [0.05, 0.1) is 11.9 Å². The van der Waals surface area contributed by atoms with Gasteiger partial charge >= 0.3 is 0 Å². The molecule has 0 unspecified atom stereocenters. The number of aromatic nitrogens is 2. The molecule has 0 bridgehead atoms. The van der Waals surface area contributed by atoms with E-state index in [1.54, 1.807) is 16.9 Å². The second kappa shape index (κ2) is 3.51. The van der Waals surface area contributed by atoms with Crippen molar-refractivity contribution in [3.05, 3.63) is 42.1 Å². The third-order valence-electron chi connectivity index (χ3n) is 2.06. The van der Waals surface area contributed by atoms with Crippen molar-refractivity contribution in [2.75, 3.05) is 5.73 Å². The monoisotopic (exact) mass is 188 g/mol. The molecule has 1 heterocycles. The second-order valence-electron chi connectivity index (χ2n) is 3.04. The Morgan fingerprint density at radius 2 is 2.14 bits per heavy atom. The van der Waals surface area contributed by atoms with Crippen LogP contribution >= 0.6 is 0 Å². The minimum atomic E-state index is 0.523. The molecule has 0 fully saturated rings. The van der Waals surface area contributed by atoms with Crippen LogP contribution in [0.4, 0.5) is 5.82 Å². The molecule has 0 saturated heterocycles. The number of benzene rings is 1. The van der Waals surface area contributed by atoms with Crippen LogP contribution in [0.1, 0.15) is 5.56 Å². The SMILES string of the molecule is NCc1cccc(-n2nccc2N)c1. The maximum absolute atomic E-state index is 5.73. The molecule has 0 aliphatic heterocycles. The van der Waals surface area contributed by atoms with Crippen LogP contribution in [0.2, 0.25) is 0 Å². The predicted octanol–water partition coefficient (Wildman–Crippen LogP) is 0.913. The Hall–Kier alpha value is -1.81. The highest BCUT2D eigenvalue weighted by atomic mass is 15.3. The fraction of sp³-hybridized carbons (Fsp3) is 0.100. The summed E-state index contributed by atoms with van der Waals surface area (Å²) in [7, 11) is 0. The van der Waals surface area contributed by atoms with Gasteiger partial charge in [0.25, 0.3) is 0 Å². The van der Waals surface area contributed by atoms with Crippen molar-refractivity contribution < 1.29 is 0 Å². The van der Waals surface area contributed by atoms with E-state index < -0.39 is 0 Å². The zero-order valence-corrected chi connectivity index (χ0v) is 7.72. The third kappa shape index (κ3) is 1.47. The van der Waals surface area contributed by atoms with Gasteiger partial charge in [-0.1, -0.05) is 12.1 Å². The summed E-state index contributed by atoms with van der Waals surface area (Å²) in [6, 6.07) is 9.60. The van der Waals surface area contributed by atoms with E-state index in [1.807, 2.05) is 24.3 Å². The van der Waals surface area contributed by atoms with Crippen molar-refractivity contribution in [3.8, 4) is 5.69 Å². The molecular formula is C10H12N4. The number of nitrogen functional groups attached to an aromatic ring is 1. The van der Waals surface area contributed by atoms with Gasteiger partial charge in [-0.15, -0.1) is 0 Å². The van der Waals surface area contributed by atoms with Crippen molar-refractivity contribution in [1.82, 2.24) is 9.78 Å². The molecule has 2 aromatic rings. The summed E-state index contributed by atoms with van der Waals surface area (Å²) >= 11 is 0. The summed E-state index contributed by atoms with van der Waals surface area (Å²) in [6.07, 6.45) is 1.67. The topological polar surface area (TPSA) is 69.9 Å². The maximum atomic E-state index is 5.73. The van der Waals surface area contributed by atoms with E-state index in [-0.39, 0.29) is 0 Å². The molecule has 4 nitrogen and oxygen atoms in total. The van der Waals surface area contributed by atoms with Crippen LogP contribution < -0.4 is 11.5 Å². The van der Waals surface area contributed by atoms with E-state index in [0.29, 0.717) is 12.4 Å². The van der Waals surface area contributed by atoms with Crippen LogP contribution in [0.25, 0.3) is 5.69 Å². The normalized spacial score (nSPS) is 10.4. The molecule has 4 N–H and O–H groups in total. The van der Waals surface area contributed by atoms with Crippen molar-refractivity contribution >= 4 is 5.82 Å². The molecule has 2 rings (SSSR count). The number of anilines is 1. The quantitative estimate of drug-likeness (QED) is 0.736. The fourth-order valence-corrected chi connectivity index (χ4v) is 1.34. The number of hydrogen-bond donors (Lipinski definition) is 2. The van der Waals surface area contributed by atoms with Crippen LogP contribution in [0.5, 0.6) is 0 Å². The standard InChI is InChI=1S/C10H12N4/c11-7-8-2-1-3-9(6-8)14-10(12)4-5-13-14/h1-6H,7,11-12H2. The minimum Gasteiger partial charge on any atom is -0.384 e. The highest BCUT2D eigenvalue weighted by Gasteiger charge is 2.01. The van der Waals surface area contributed by atoms with Crippen LogP contribution in [0.3, 0.4) is 0 Å². The van der Waals surface area contributed by atoms with E-state index in [9.17, 15) is 0 Å².